The van der Waals surface area contributed by atoms with Crippen LogP contribution in [-0.2, 0) is 0 Å². The Morgan fingerprint density at radius 3 is 2.29 bits per heavy atom. The quantitative estimate of drug-likeness (QED) is 0.864. The zero-order chi connectivity index (χ0) is 15.5. The normalized spacial score (nSPS) is 16.6. The van der Waals surface area contributed by atoms with Gasteiger partial charge in [-0.05, 0) is 26.0 Å². The monoisotopic (exact) mass is 307 g/mol. The zero-order valence-corrected chi connectivity index (χ0v) is 13.2. The number of thiocarbonyl (C=S) groups is 1. The van der Waals surface area contributed by atoms with E-state index in [0.29, 0.717) is 23.8 Å². The van der Waals surface area contributed by atoms with Crippen LogP contribution in [0, 0.1) is 0 Å². The van der Waals surface area contributed by atoms with Crippen molar-refractivity contribution in [3.63, 3.8) is 0 Å². The third-order valence-corrected chi connectivity index (χ3v) is 4.38. The van der Waals surface area contributed by atoms with Crippen molar-refractivity contribution in [3.8, 4) is 5.75 Å². The van der Waals surface area contributed by atoms with E-state index in [1.165, 1.54) is 0 Å². The number of rotatable bonds is 3. The lowest BCUT2D eigenvalue weighted by molar-refractivity contribution is 0.0814. The molecular formula is C15H21N3O2S. The van der Waals surface area contributed by atoms with E-state index >= 15 is 0 Å². The molecule has 0 atom stereocenters. The summed E-state index contributed by atoms with van der Waals surface area (Å²) in [6.45, 7) is 6.69. The van der Waals surface area contributed by atoms with Gasteiger partial charge in [-0.1, -0.05) is 30.4 Å². The maximum absolute atomic E-state index is 12.1. The molecule has 1 amide bonds. The van der Waals surface area contributed by atoms with Gasteiger partial charge in [-0.2, -0.15) is 0 Å². The van der Waals surface area contributed by atoms with Crippen molar-refractivity contribution in [2.75, 3.05) is 26.2 Å². The van der Waals surface area contributed by atoms with Gasteiger partial charge in [0.2, 0.25) is 0 Å². The molecule has 2 N–H and O–H groups in total. The first-order valence-electron chi connectivity index (χ1n) is 6.98. The van der Waals surface area contributed by atoms with Crippen molar-refractivity contribution in [1.29, 1.82) is 0 Å². The fourth-order valence-electron chi connectivity index (χ4n) is 2.26. The molecular weight excluding hydrogens is 286 g/mol. The summed E-state index contributed by atoms with van der Waals surface area (Å²) >= 11 is 5.11. The molecule has 2 rings (SSSR count). The second-order valence-corrected chi connectivity index (χ2v) is 6.02. The number of carbonyl (C=O) groups is 1. The number of amides is 1. The largest absolute Gasteiger partial charge is 0.415 e. The molecule has 1 aliphatic heterocycles. The van der Waals surface area contributed by atoms with Gasteiger partial charge in [0.05, 0.1) is 10.5 Å². The maximum Gasteiger partial charge on any atom is 0.415 e. The lowest BCUT2D eigenvalue weighted by Crippen LogP contribution is -2.60. The van der Waals surface area contributed by atoms with Gasteiger partial charge in [-0.3, -0.25) is 4.90 Å². The minimum atomic E-state index is -0.329. The fraction of sp³-hybridized carbons (Fsp3) is 0.467. The molecule has 1 aromatic carbocycles. The van der Waals surface area contributed by atoms with E-state index in [2.05, 4.69) is 4.90 Å². The molecule has 21 heavy (non-hydrogen) atoms. The predicted molar refractivity (Wildman–Crippen MR) is 86.5 cm³/mol. The van der Waals surface area contributed by atoms with Crippen LogP contribution < -0.4 is 10.5 Å². The summed E-state index contributed by atoms with van der Waals surface area (Å²) in [5.41, 5.74) is 5.45. The van der Waals surface area contributed by atoms with Gasteiger partial charge in [-0.25, -0.2) is 4.79 Å². The van der Waals surface area contributed by atoms with Crippen LogP contribution in [0.15, 0.2) is 30.3 Å². The van der Waals surface area contributed by atoms with Crippen molar-refractivity contribution in [1.82, 2.24) is 9.80 Å². The minimum absolute atomic E-state index is 0.311. The third-order valence-electron chi connectivity index (χ3n) is 3.88. The second kappa shape index (κ2) is 6.41. The number of para-hydroxylation sites is 1. The van der Waals surface area contributed by atoms with Gasteiger partial charge >= 0.3 is 6.09 Å². The molecule has 6 heteroatoms. The van der Waals surface area contributed by atoms with Crippen molar-refractivity contribution < 1.29 is 9.53 Å². The van der Waals surface area contributed by atoms with Crippen LogP contribution in [0.25, 0.3) is 0 Å². The van der Waals surface area contributed by atoms with E-state index in [4.69, 9.17) is 22.7 Å². The first-order valence-corrected chi connectivity index (χ1v) is 7.39. The highest BCUT2D eigenvalue weighted by molar-refractivity contribution is 7.80. The van der Waals surface area contributed by atoms with Crippen LogP contribution in [0.3, 0.4) is 0 Å². The molecule has 5 nitrogen and oxygen atoms in total. The second-order valence-electron chi connectivity index (χ2n) is 5.58. The number of hydrogen-bond donors (Lipinski definition) is 1. The number of piperazine rings is 1. The van der Waals surface area contributed by atoms with Crippen LogP contribution in [-0.4, -0.2) is 52.6 Å². The number of nitrogens with two attached hydrogens (primary N) is 1. The third kappa shape index (κ3) is 3.71. The predicted octanol–water partition coefficient (Wildman–Crippen LogP) is 1.87. The van der Waals surface area contributed by atoms with Gasteiger partial charge in [0, 0.05) is 26.2 Å². The van der Waals surface area contributed by atoms with Crippen molar-refractivity contribution >= 4 is 23.3 Å². The maximum atomic E-state index is 12.1. The molecule has 0 bridgehead atoms. The lowest BCUT2D eigenvalue weighted by atomic mass is 10.0. The van der Waals surface area contributed by atoms with Gasteiger partial charge < -0.3 is 15.4 Å². The molecule has 0 spiro atoms. The van der Waals surface area contributed by atoms with Crippen LogP contribution in [0.4, 0.5) is 4.79 Å². The van der Waals surface area contributed by atoms with E-state index in [1.54, 1.807) is 17.0 Å². The SMILES string of the molecule is CC(C)(C(N)=S)N1CCN(C(=O)Oc2ccccc2)CC1. The molecule has 114 valence electrons. The highest BCUT2D eigenvalue weighted by Gasteiger charge is 2.33. The number of ether oxygens (including phenoxy) is 1. The van der Waals surface area contributed by atoms with Crippen molar-refractivity contribution in [3.05, 3.63) is 30.3 Å². The molecule has 0 saturated carbocycles. The summed E-state index contributed by atoms with van der Waals surface area (Å²) in [4.78, 5) is 16.5. The molecule has 0 radical (unpaired) electrons. The Balaban J connectivity index is 1.89. The topological polar surface area (TPSA) is 58.8 Å². The summed E-state index contributed by atoms with van der Waals surface area (Å²) in [5, 5.41) is 0. The van der Waals surface area contributed by atoms with Crippen LogP contribution >= 0.6 is 12.2 Å². The molecule has 1 aliphatic rings. The summed E-state index contributed by atoms with van der Waals surface area (Å²) in [6, 6.07) is 9.10. The average Bonchev–Trinajstić information content (AvgIpc) is 2.48. The summed E-state index contributed by atoms with van der Waals surface area (Å²) in [6.07, 6.45) is -0.311. The van der Waals surface area contributed by atoms with Gasteiger partial charge in [0.15, 0.2) is 0 Å². The van der Waals surface area contributed by atoms with E-state index in [-0.39, 0.29) is 11.6 Å². The smallest absolute Gasteiger partial charge is 0.410 e. The van der Waals surface area contributed by atoms with Crippen LogP contribution in [0.1, 0.15) is 13.8 Å². The van der Waals surface area contributed by atoms with Gasteiger partial charge in [0.25, 0.3) is 0 Å². The summed E-state index contributed by atoms with van der Waals surface area (Å²) in [7, 11) is 0. The Morgan fingerprint density at radius 2 is 1.76 bits per heavy atom. The zero-order valence-electron chi connectivity index (χ0n) is 12.4. The Morgan fingerprint density at radius 1 is 1.19 bits per heavy atom. The number of hydrogen-bond acceptors (Lipinski definition) is 4. The summed E-state index contributed by atoms with van der Waals surface area (Å²) < 4.78 is 5.34. The standard InChI is InChI=1S/C15H21N3O2S/c1-15(2,13(16)21)18-10-8-17(9-11-18)14(19)20-12-6-4-3-5-7-12/h3-7H,8-11H2,1-2H3,(H2,16,21). The molecule has 0 aromatic heterocycles. The fourth-order valence-corrected chi connectivity index (χ4v) is 2.39. The molecule has 1 heterocycles. The first-order chi connectivity index (χ1) is 9.91. The average molecular weight is 307 g/mol. The van der Waals surface area contributed by atoms with Gasteiger partial charge in [-0.15, -0.1) is 0 Å². The number of benzene rings is 1. The Bertz CT molecular complexity index is 511. The highest BCUT2D eigenvalue weighted by Crippen LogP contribution is 2.18. The molecule has 1 fully saturated rings. The van der Waals surface area contributed by atoms with Gasteiger partial charge in [0.1, 0.15) is 5.75 Å². The molecule has 1 aromatic rings. The highest BCUT2D eigenvalue weighted by atomic mass is 32.1. The van der Waals surface area contributed by atoms with Crippen LogP contribution in [0.5, 0.6) is 5.75 Å². The number of nitrogens with zero attached hydrogens (tertiary/aromatic N) is 2. The summed E-state index contributed by atoms with van der Waals surface area (Å²) in [5.74, 6) is 0.563. The Hall–Kier alpha value is -1.66. The Labute approximate surface area is 130 Å². The van der Waals surface area contributed by atoms with Crippen LogP contribution in [0.2, 0.25) is 0 Å². The lowest BCUT2D eigenvalue weighted by Gasteiger charge is -2.43. The Kier molecular flexibility index (Phi) is 4.80. The number of carbonyl (C=O) groups excluding carboxylic acids is 1. The van der Waals surface area contributed by atoms with E-state index in [1.807, 2.05) is 32.0 Å². The molecule has 1 saturated heterocycles. The molecule has 0 unspecified atom stereocenters. The first kappa shape index (κ1) is 15.7. The van der Waals surface area contributed by atoms with E-state index in [0.717, 1.165) is 13.1 Å². The molecule has 0 aliphatic carbocycles. The minimum Gasteiger partial charge on any atom is -0.410 e. The van der Waals surface area contributed by atoms with Crippen molar-refractivity contribution in [2.24, 2.45) is 5.73 Å². The van der Waals surface area contributed by atoms with Crippen molar-refractivity contribution in [2.45, 2.75) is 19.4 Å². The van der Waals surface area contributed by atoms with E-state index in [9.17, 15) is 4.79 Å². The van der Waals surface area contributed by atoms with E-state index < -0.39 is 0 Å².